The quantitative estimate of drug-likeness (QED) is 0.173. The molecule has 0 fully saturated rings. The van der Waals surface area contributed by atoms with Gasteiger partial charge in [0.05, 0.1) is 21.4 Å². The molecule has 10 rings (SSSR count). The Balaban J connectivity index is 1.17. The topological polar surface area (TPSA) is 25.2 Å². The predicted octanol–water partition coefficient (Wildman–Crippen LogP) is 11.8. The van der Waals surface area contributed by atoms with Crippen LogP contribution in [-0.2, 0) is 0 Å². The maximum absolute atomic E-state index is 13.9. The summed E-state index contributed by atoms with van der Waals surface area (Å²) in [4.78, 5) is 2.32. The summed E-state index contributed by atoms with van der Waals surface area (Å²) in [6, 6.07) is 51.3. The Morgan fingerprint density at radius 2 is 1.27 bits per heavy atom. The number of thiophene rings is 1. The van der Waals surface area contributed by atoms with Crippen molar-refractivity contribution in [1.29, 1.82) is 0 Å². The van der Waals surface area contributed by atoms with E-state index >= 15 is 0 Å². The lowest BCUT2D eigenvalue weighted by Crippen LogP contribution is -2.29. The molecule has 49 heavy (non-hydrogen) atoms. The third kappa shape index (κ3) is 4.45. The Labute approximate surface area is 284 Å². The van der Waals surface area contributed by atoms with Crippen LogP contribution in [-0.4, -0.2) is 4.57 Å². The Bertz CT molecular complexity index is 2830. The first kappa shape index (κ1) is 27.8. The van der Waals surface area contributed by atoms with Crippen molar-refractivity contribution in [2.45, 2.75) is 0 Å². The normalized spacial score (nSPS) is 11.8. The fourth-order valence-electron chi connectivity index (χ4n) is 7.09. The molecule has 0 atom stereocenters. The van der Waals surface area contributed by atoms with E-state index in [0.29, 0.717) is 0 Å². The van der Waals surface area contributed by atoms with Gasteiger partial charge in [0, 0.05) is 67.6 Å². The number of hydrogen-bond acceptors (Lipinski definition) is 3. The molecule has 0 radical (unpaired) electrons. The Morgan fingerprint density at radius 1 is 0.571 bits per heavy atom. The van der Waals surface area contributed by atoms with Gasteiger partial charge in [0.2, 0.25) is 5.69 Å². The number of fused-ring (bicyclic) bond motifs is 8. The highest BCUT2D eigenvalue weighted by Crippen LogP contribution is 2.44. The first-order valence-electron chi connectivity index (χ1n) is 16.2. The van der Waals surface area contributed by atoms with Crippen LogP contribution >= 0.6 is 11.3 Å². The number of halogens is 1. The molecule has 0 aliphatic heterocycles. The zero-order valence-electron chi connectivity index (χ0n) is 26.1. The van der Waals surface area contributed by atoms with Gasteiger partial charge in [-0.2, -0.15) is 4.57 Å². The summed E-state index contributed by atoms with van der Waals surface area (Å²) >= 11 is 1.77. The molecule has 6 aromatic carbocycles. The van der Waals surface area contributed by atoms with Crippen molar-refractivity contribution in [3.63, 3.8) is 0 Å². The standard InChI is InChI=1S/C43H27FN3OS/c44-28-14-16-30(17-15-28)47-38-12-6-4-10-34(38)37-26-32(19-21-39(37)47)46(31-22-24-45(25-23-31)29-8-2-1-3-9-29)33-18-20-36-41(27-33)49-43-35-11-5-7-13-40(35)48-42(36)43/h1-27H/q+1. The van der Waals surface area contributed by atoms with Gasteiger partial charge in [-0.3, -0.25) is 0 Å². The number of nitrogens with zero attached hydrogens (tertiary/aromatic N) is 3. The summed E-state index contributed by atoms with van der Waals surface area (Å²) in [7, 11) is 0. The highest BCUT2D eigenvalue weighted by molar-refractivity contribution is 7.26. The summed E-state index contributed by atoms with van der Waals surface area (Å²) in [5.41, 5.74) is 9.16. The molecule has 0 spiro atoms. The average molecular weight is 653 g/mol. The summed E-state index contributed by atoms with van der Waals surface area (Å²) in [5.74, 6) is -0.248. The molecule has 0 unspecified atom stereocenters. The number of aromatic nitrogens is 2. The van der Waals surface area contributed by atoms with Crippen LogP contribution in [0.4, 0.5) is 21.5 Å². The molecule has 0 amide bonds. The van der Waals surface area contributed by atoms with Gasteiger partial charge in [0.1, 0.15) is 11.4 Å². The van der Waals surface area contributed by atoms with E-state index in [9.17, 15) is 4.39 Å². The van der Waals surface area contributed by atoms with E-state index in [1.807, 2.05) is 30.3 Å². The maximum Gasteiger partial charge on any atom is 0.210 e. The molecule has 10 aromatic rings. The maximum atomic E-state index is 13.9. The fourth-order valence-corrected chi connectivity index (χ4v) is 8.28. The largest absolute Gasteiger partial charge is 0.454 e. The van der Waals surface area contributed by atoms with Gasteiger partial charge < -0.3 is 13.9 Å². The monoisotopic (exact) mass is 652 g/mol. The first-order chi connectivity index (χ1) is 24.2. The molecule has 4 aromatic heterocycles. The van der Waals surface area contributed by atoms with Crippen molar-refractivity contribution < 1.29 is 13.4 Å². The number of anilines is 3. The number of hydrogen-bond donors (Lipinski definition) is 0. The van der Waals surface area contributed by atoms with E-state index < -0.39 is 0 Å². The fraction of sp³-hybridized carbons (Fsp3) is 0. The lowest BCUT2D eigenvalue weighted by molar-refractivity contribution is -0.595. The van der Waals surface area contributed by atoms with Crippen molar-refractivity contribution in [1.82, 2.24) is 4.57 Å². The van der Waals surface area contributed by atoms with Crippen LogP contribution in [0.5, 0.6) is 0 Å². The molecule has 0 N–H and O–H groups in total. The Kier molecular flexibility index (Phi) is 6.19. The number of para-hydroxylation sites is 3. The zero-order chi connectivity index (χ0) is 32.5. The number of rotatable bonds is 5. The second-order valence-electron chi connectivity index (χ2n) is 12.2. The van der Waals surface area contributed by atoms with Crippen LogP contribution in [0, 0.1) is 5.82 Å². The van der Waals surface area contributed by atoms with Crippen molar-refractivity contribution >= 4 is 81.5 Å². The summed E-state index contributed by atoms with van der Waals surface area (Å²) < 4.78 is 26.9. The molecule has 0 saturated heterocycles. The van der Waals surface area contributed by atoms with Crippen LogP contribution in [0.1, 0.15) is 0 Å². The molecule has 0 bridgehead atoms. The van der Waals surface area contributed by atoms with Gasteiger partial charge in [-0.05, 0) is 78.9 Å². The highest BCUT2D eigenvalue weighted by Gasteiger charge is 2.21. The first-order valence-corrected chi connectivity index (χ1v) is 17.0. The van der Waals surface area contributed by atoms with E-state index in [2.05, 4.69) is 136 Å². The summed E-state index contributed by atoms with van der Waals surface area (Å²) in [5, 5.41) is 4.53. The molecule has 6 heteroatoms. The van der Waals surface area contributed by atoms with E-state index in [0.717, 1.165) is 72.2 Å². The van der Waals surface area contributed by atoms with Crippen LogP contribution in [0.15, 0.2) is 168 Å². The van der Waals surface area contributed by atoms with Crippen molar-refractivity contribution in [3.05, 3.63) is 170 Å². The second-order valence-corrected chi connectivity index (χ2v) is 13.3. The van der Waals surface area contributed by atoms with Crippen LogP contribution in [0.2, 0.25) is 0 Å². The lowest BCUT2D eigenvalue weighted by atomic mass is 10.1. The minimum Gasteiger partial charge on any atom is -0.454 e. The van der Waals surface area contributed by atoms with E-state index in [1.165, 1.54) is 21.5 Å². The smallest absolute Gasteiger partial charge is 0.210 e. The minimum atomic E-state index is -0.248. The van der Waals surface area contributed by atoms with Crippen molar-refractivity contribution in [2.24, 2.45) is 0 Å². The molecule has 0 saturated carbocycles. The lowest BCUT2D eigenvalue weighted by Gasteiger charge is -2.25. The second kappa shape index (κ2) is 10.9. The Morgan fingerprint density at radius 3 is 2.10 bits per heavy atom. The van der Waals surface area contributed by atoms with Crippen LogP contribution in [0.25, 0.3) is 64.5 Å². The van der Waals surface area contributed by atoms with Gasteiger partial charge in [0.15, 0.2) is 18.0 Å². The van der Waals surface area contributed by atoms with Crippen LogP contribution in [0.3, 0.4) is 0 Å². The zero-order valence-corrected chi connectivity index (χ0v) is 26.9. The SMILES string of the molecule is Fc1ccc(-n2c3ccccc3c3cc(N(c4cc[n+](-c5ccccc5)cc4)c4ccc5c(c4)sc4c6ccccc6oc54)ccc32)cc1. The van der Waals surface area contributed by atoms with Gasteiger partial charge >= 0.3 is 0 Å². The molecule has 4 nitrogen and oxygen atoms in total. The number of furan rings is 1. The van der Waals surface area contributed by atoms with Crippen molar-refractivity contribution in [3.8, 4) is 11.4 Å². The molecule has 4 heterocycles. The van der Waals surface area contributed by atoms with Gasteiger partial charge in [-0.25, -0.2) is 4.39 Å². The Hall–Kier alpha value is -6.24. The third-order valence-electron chi connectivity index (χ3n) is 9.35. The predicted molar refractivity (Wildman–Crippen MR) is 200 cm³/mol. The van der Waals surface area contributed by atoms with Gasteiger partial charge in [-0.15, -0.1) is 11.3 Å². The number of benzene rings is 6. The third-order valence-corrected chi connectivity index (χ3v) is 10.5. The van der Waals surface area contributed by atoms with E-state index in [1.54, 1.807) is 11.3 Å². The van der Waals surface area contributed by atoms with Crippen molar-refractivity contribution in [2.75, 3.05) is 4.90 Å². The minimum absolute atomic E-state index is 0.248. The average Bonchev–Trinajstić information content (AvgIpc) is 3.81. The molecular formula is C43H27FN3OS+. The van der Waals surface area contributed by atoms with E-state index in [4.69, 9.17) is 4.42 Å². The van der Waals surface area contributed by atoms with E-state index in [-0.39, 0.29) is 5.82 Å². The highest BCUT2D eigenvalue weighted by atomic mass is 32.1. The van der Waals surface area contributed by atoms with Crippen LogP contribution < -0.4 is 9.47 Å². The molecule has 232 valence electrons. The number of pyridine rings is 1. The summed E-state index contributed by atoms with van der Waals surface area (Å²) in [6.07, 6.45) is 4.22. The van der Waals surface area contributed by atoms with Gasteiger partial charge in [-0.1, -0.05) is 48.5 Å². The molecule has 0 aliphatic rings. The molecule has 0 aliphatic carbocycles. The summed E-state index contributed by atoms with van der Waals surface area (Å²) in [6.45, 7) is 0. The van der Waals surface area contributed by atoms with Gasteiger partial charge in [0.25, 0.3) is 0 Å². The molecular weight excluding hydrogens is 626 g/mol.